The molecule has 1 unspecified atom stereocenters. The first-order valence-electron chi connectivity index (χ1n) is 8.37. The molecule has 2 aromatic rings. The molecule has 0 radical (unpaired) electrons. The highest BCUT2D eigenvalue weighted by Crippen LogP contribution is 2.33. The van der Waals surface area contributed by atoms with E-state index >= 15 is 0 Å². The Morgan fingerprint density at radius 2 is 1.83 bits per heavy atom. The van der Waals surface area contributed by atoms with Gasteiger partial charge in [-0.2, -0.15) is 18.4 Å². The number of anilines is 2. The minimum atomic E-state index is -4.66. The molecule has 1 N–H and O–H groups in total. The first kappa shape index (κ1) is 22.2. The van der Waals surface area contributed by atoms with Crippen LogP contribution in [0.2, 0.25) is 0 Å². The van der Waals surface area contributed by atoms with Crippen LogP contribution in [0.1, 0.15) is 18.1 Å². The van der Waals surface area contributed by atoms with Crippen molar-refractivity contribution in [3.8, 4) is 6.07 Å². The number of nitriles is 1. The molecule has 0 aliphatic carbocycles. The van der Waals surface area contributed by atoms with Gasteiger partial charge >= 0.3 is 6.18 Å². The SMILES string of the molecule is CC(C(=O)Nc1ccc(CC#N)cc1)N(c1cccc(C(F)(F)F)c1)S(C)(=O)=O. The van der Waals surface area contributed by atoms with Crippen molar-refractivity contribution in [1.82, 2.24) is 0 Å². The summed E-state index contributed by atoms with van der Waals surface area (Å²) < 4.78 is 64.1. The van der Waals surface area contributed by atoms with Crippen LogP contribution in [0.3, 0.4) is 0 Å². The quantitative estimate of drug-likeness (QED) is 0.766. The Hall–Kier alpha value is -3.06. The van der Waals surface area contributed by atoms with E-state index in [2.05, 4.69) is 5.32 Å². The van der Waals surface area contributed by atoms with Gasteiger partial charge in [0.05, 0.1) is 30.0 Å². The van der Waals surface area contributed by atoms with Gasteiger partial charge in [-0.1, -0.05) is 18.2 Å². The maximum atomic E-state index is 13.0. The highest BCUT2D eigenvalue weighted by Gasteiger charge is 2.34. The van der Waals surface area contributed by atoms with Crippen molar-refractivity contribution in [2.24, 2.45) is 0 Å². The van der Waals surface area contributed by atoms with Crippen LogP contribution >= 0.6 is 0 Å². The molecule has 0 saturated heterocycles. The summed E-state index contributed by atoms with van der Waals surface area (Å²) in [5.41, 5.74) is -0.194. The van der Waals surface area contributed by atoms with Gasteiger partial charge in [0, 0.05) is 5.69 Å². The molecule has 0 bridgehead atoms. The molecule has 0 aliphatic heterocycles. The molecule has 0 heterocycles. The summed E-state index contributed by atoms with van der Waals surface area (Å²) >= 11 is 0. The van der Waals surface area contributed by atoms with Crippen LogP contribution in [-0.2, 0) is 27.4 Å². The van der Waals surface area contributed by atoms with Crippen LogP contribution in [0.4, 0.5) is 24.5 Å². The van der Waals surface area contributed by atoms with Gasteiger partial charge in [0.1, 0.15) is 6.04 Å². The van der Waals surface area contributed by atoms with E-state index in [0.29, 0.717) is 16.1 Å². The third-order valence-electron chi connectivity index (χ3n) is 4.02. The molecule has 0 fully saturated rings. The van der Waals surface area contributed by atoms with Gasteiger partial charge in [0.25, 0.3) is 0 Å². The number of hydrogen-bond donors (Lipinski definition) is 1. The van der Waals surface area contributed by atoms with E-state index in [4.69, 9.17) is 5.26 Å². The molecule has 154 valence electrons. The molecule has 0 aliphatic rings. The van der Waals surface area contributed by atoms with Gasteiger partial charge in [0.15, 0.2) is 0 Å². The molecule has 1 atom stereocenters. The van der Waals surface area contributed by atoms with Gasteiger partial charge in [-0.25, -0.2) is 8.42 Å². The van der Waals surface area contributed by atoms with Gasteiger partial charge in [0.2, 0.25) is 15.9 Å². The number of amides is 1. The fourth-order valence-corrected chi connectivity index (χ4v) is 3.84. The predicted octanol–water partition coefficient (Wildman–Crippen LogP) is 3.56. The second kappa shape index (κ2) is 8.53. The van der Waals surface area contributed by atoms with E-state index in [1.807, 2.05) is 6.07 Å². The molecule has 0 saturated carbocycles. The first-order valence-corrected chi connectivity index (χ1v) is 10.2. The van der Waals surface area contributed by atoms with Crippen molar-refractivity contribution in [2.45, 2.75) is 25.6 Å². The van der Waals surface area contributed by atoms with Gasteiger partial charge in [-0.3, -0.25) is 9.10 Å². The molecule has 10 heteroatoms. The summed E-state index contributed by atoms with van der Waals surface area (Å²) in [5.74, 6) is -0.721. The summed E-state index contributed by atoms with van der Waals surface area (Å²) in [4.78, 5) is 12.6. The van der Waals surface area contributed by atoms with Crippen molar-refractivity contribution in [3.05, 3.63) is 59.7 Å². The largest absolute Gasteiger partial charge is 0.416 e. The Balaban J connectivity index is 2.31. The second-order valence-electron chi connectivity index (χ2n) is 6.30. The zero-order valence-corrected chi connectivity index (χ0v) is 16.4. The lowest BCUT2D eigenvalue weighted by atomic mass is 10.1. The van der Waals surface area contributed by atoms with Crippen LogP contribution in [-0.4, -0.2) is 26.6 Å². The number of carbonyl (C=O) groups excluding carboxylic acids is 1. The third-order valence-corrected chi connectivity index (χ3v) is 5.26. The standard InChI is InChI=1S/C19H18F3N3O3S/c1-13(18(26)24-16-8-6-14(7-9-16)10-11-23)25(29(2,27)28)17-5-3-4-15(12-17)19(20,21)22/h3-9,12-13H,10H2,1-2H3,(H,24,26). The second-order valence-corrected chi connectivity index (χ2v) is 8.16. The summed E-state index contributed by atoms with van der Waals surface area (Å²) in [5, 5.41) is 11.2. The summed E-state index contributed by atoms with van der Waals surface area (Å²) in [6.45, 7) is 1.28. The van der Waals surface area contributed by atoms with E-state index in [0.717, 1.165) is 24.0 Å². The summed E-state index contributed by atoms with van der Waals surface area (Å²) in [6.07, 6.45) is -3.65. The maximum absolute atomic E-state index is 13.0. The monoisotopic (exact) mass is 425 g/mol. The Kier molecular flexibility index (Phi) is 6.54. The lowest BCUT2D eigenvalue weighted by molar-refractivity contribution is -0.137. The first-order chi connectivity index (χ1) is 13.4. The fourth-order valence-electron chi connectivity index (χ4n) is 2.67. The molecule has 6 nitrogen and oxygen atoms in total. The summed E-state index contributed by atoms with van der Waals surface area (Å²) in [6, 6.07) is 10.8. The van der Waals surface area contributed by atoms with Crippen LogP contribution < -0.4 is 9.62 Å². The van der Waals surface area contributed by atoms with Crippen LogP contribution in [0.5, 0.6) is 0 Å². The number of hydrogen-bond acceptors (Lipinski definition) is 4. The molecule has 2 rings (SSSR count). The Morgan fingerprint density at radius 3 is 2.34 bits per heavy atom. The third kappa shape index (κ3) is 5.71. The highest BCUT2D eigenvalue weighted by molar-refractivity contribution is 7.92. The Bertz CT molecular complexity index is 1030. The van der Waals surface area contributed by atoms with Crippen molar-refractivity contribution < 1.29 is 26.4 Å². The maximum Gasteiger partial charge on any atom is 0.416 e. The minimum Gasteiger partial charge on any atom is -0.324 e. The average molecular weight is 425 g/mol. The van der Waals surface area contributed by atoms with E-state index in [1.165, 1.54) is 13.0 Å². The van der Waals surface area contributed by atoms with E-state index in [9.17, 15) is 26.4 Å². The fraction of sp³-hybridized carbons (Fsp3) is 0.263. The molecular weight excluding hydrogens is 407 g/mol. The molecule has 0 aromatic heterocycles. The number of rotatable bonds is 6. The summed E-state index contributed by atoms with van der Waals surface area (Å²) in [7, 11) is -4.06. The number of benzene rings is 2. The van der Waals surface area contributed by atoms with Crippen LogP contribution in [0, 0.1) is 11.3 Å². The van der Waals surface area contributed by atoms with Crippen LogP contribution in [0.15, 0.2) is 48.5 Å². The predicted molar refractivity (Wildman–Crippen MR) is 103 cm³/mol. The lowest BCUT2D eigenvalue weighted by Gasteiger charge is -2.28. The van der Waals surface area contributed by atoms with E-state index in [-0.39, 0.29) is 12.1 Å². The average Bonchev–Trinajstić information content (AvgIpc) is 2.62. The smallest absolute Gasteiger partial charge is 0.324 e. The number of nitrogens with one attached hydrogen (secondary N) is 1. The van der Waals surface area contributed by atoms with E-state index < -0.39 is 33.7 Å². The lowest BCUT2D eigenvalue weighted by Crippen LogP contribution is -2.45. The van der Waals surface area contributed by atoms with Crippen molar-refractivity contribution >= 4 is 27.3 Å². The van der Waals surface area contributed by atoms with Crippen LogP contribution in [0.25, 0.3) is 0 Å². The molecular formula is C19H18F3N3O3S. The van der Waals surface area contributed by atoms with Gasteiger partial charge in [-0.15, -0.1) is 0 Å². The van der Waals surface area contributed by atoms with Crippen molar-refractivity contribution in [2.75, 3.05) is 15.9 Å². The minimum absolute atomic E-state index is 0.196. The molecule has 29 heavy (non-hydrogen) atoms. The van der Waals surface area contributed by atoms with E-state index in [1.54, 1.807) is 24.3 Å². The molecule has 0 spiro atoms. The molecule has 2 aromatic carbocycles. The zero-order chi connectivity index (χ0) is 21.8. The number of sulfonamides is 1. The Labute approximate surface area is 166 Å². The number of alkyl halides is 3. The Morgan fingerprint density at radius 1 is 1.21 bits per heavy atom. The number of halogens is 3. The number of carbonyl (C=O) groups is 1. The van der Waals surface area contributed by atoms with Crippen molar-refractivity contribution in [3.63, 3.8) is 0 Å². The zero-order valence-electron chi connectivity index (χ0n) is 15.6. The number of nitrogens with zero attached hydrogens (tertiary/aromatic N) is 2. The van der Waals surface area contributed by atoms with Gasteiger partial charge < -0.3 is 5.32 Å². The normalized spacial score (nSPS) is 12.7. The molecule has 1 amide bonds. The highest BCUT2D eigenvalue weighted by atomic mass is 32.2. The van der Waals surface area contributed by atoms with Crippen molar-refractivity contribution in [1.29, 1.82) is 5.26 Å². The topological polar surface area (TPSA) is 90.3 Å². The van der Waals surface area contributed by atoms with Gasteiger partial charge in [-0.05, 0) is 42.8 Å².